The van der Waals surface area contributed by atoms with Crippen molar-refractivity contribution in [3.63, 3.8) is 0 Å². The van der Waals surface area contributed by atoms with E-state index in [0.29, 0.717) is 0 Å². The van der Waals surface area contributed by atoms with E-state index in [0.717, 1.165) is 5.69 Å². The van der Waals surface area contributed by atoms with Crippen molar-refractivity contribution in [1.29, 1.82) is 0 Å². The van der Waals surface area contributed by atoms with E-state index in [4.69, 9.17) is 0 Å². The number of anilines is 2. The Balaban J connectivity index is 1.34. The second-order valence-electron chi connectivity index (χ2n) is 9.02. The zero-order valence-corrected chi connectivity index (χ0v) is 17.8. The Morgan fingerprint density at radius 1 is 0.516 bits per heavy atom. The van der Waals surface area contributed by atoms with Crippen molar-refractivity contribution in [1.82, 2.24) is 0 Å². The summed E-state index contributed by atoms with van der Waals surface area (Å²) in [5.74, 6) is 0. The number of nitrogens with one attached hydrogen (secondary N) is 1. The van der Waals surface area contributed by atoms with Gasteiger partial charge in [0.05, 0.1) is 0 Å². The summed E-state index contributed by atoms with van der Waals surface area (Å²) in [5.41, 5.74) is 11.0. The molecule has 2 aliphatic rings. The average molecular weight is 402 g/mol. The molecule has 1 heteroatoms. The van der Waals surface area contributed by atoms with Crippen LogP contribution < -0.4 is 5.32 Å². The molecule has 0 unspecified atom stereocenters. The van der Waals surface area contributed by atoms with E-state index < -0.39 is 0 Å². The van der Waals surface area contributed by atoms with Crippen molar-refractivity contribution in [2.45, 2.75) is 37.5 Å². The fourth-order valence-electron chi connectivity index (χ4n) is 5.77. The summed E-state index contributed by atoms with van der Waals surface area (Å²) in [6.45, 7) is 0. The van der Waals surface area contributed by atoms with Crippen LogP contribution >= 0.6 is 0 Å². The summed E-state index contributed by atoms with van der Waals surface area (Å²) in [6, 6.07) is 35.4. The first-order chi connectivity index (χ1) is 15.3. The van der Waals surface area contributed by atoms with Gasteiger partial charge in [0.1, 0.15) is 0 Å². The number of benzene rings is 4. The molecule has 0 atom stereocenters. The molecule has 0 bridgehead atoms. The first-order valence-electron chi connectivity index (χ1n) is 11.5. The van der Waals surface area contributed by atoms with E-state index in [-0.39, 0.29) is 5.41 Å². The highest BCUT2D eigenvalue weighted by Crippen LogP contribution is 2.56. The van der Waals surface area contributed by atoms with Gasteiger partial charge in [-0.3, -0.25) is 0 Å². The molecule has 4 aromatic rings. The number of hydrogen-bond acceptors (Lipinski definition) is 1. The molecule has 1 N–H and O–H groups in total. The SMILES string of the molecule is c1ccc(-c2ccc(Nc3ccc4c(c3)C3(CCCCC3)c3ccccc3-4)cc2)cc1. The molecule has 0 amide bonds. The zero-order chi connectivity index (χ0) is 20.7. The molecule has 1 spiro atoms. The van der Waals surface area contributed by atoms with Crippen molar-refractivity contribution in [3.8, 4) is 22.3 Å². The third-order valence-electron chi connectivity index (χ3n) is 7.26. The maximum absolute atomic E-state index is 3.66. The molecule has 1 saturated carbocycles. The lowest BCUT2D eigenvalue weighted by atomic mass is 9.68. The van der Waals surface area contributed by atoms with Gasteiger partial charge in [-0.1, -0.05) is 92.1 Å². The van der Waals surface area contributed by atoms with E-state index in [1.54, 1.807) is 5.56 Å². The smallest absolute Gasteiger partial charge is 0.0387 e. The maximum Gasteiger partial charge on any atom is 0.0387 e. The zero-order valence-electron chi connectivity index (χ0n) is 17.8. The van der Waals surface area contributed by atoms with Gasteiger partial charge in [-0.2, -0.15) is 0 Å². The van der Waals surface area contributed by atoms with Crippen LogP contribution in [0.25, 0.3) is 22.3 Å². The molecule has 1 nitrogen and oxygen atoms in total. The van der Waals surface area contributed by atoms with Gasteiger partial charge in [-0.25, -0.2) is 0 Å². The van der Waals surface area contributed by atoms with Crippen LogP contribution in [-0.2, 0) is 5.41 Å². The Bertz CT molecular complexity index is 1220. The van der Waals surface area contributed by atoms with Gasteiger partial charge in [-0.15, -0.1) is 0 Å². The van der Waals surface area contributed by atoms with Crippen molar-refractivity contribution in [2.24, 2.45) is 0 Å². The van der Waals surface area contributed by atoms with Gasteiger partial charge in [-0.05, 0) is 70.5 Å². The minimum absolute atomic E-state index is 0.207. The second-order valence-corrected chi connectivity index (χ2v) is 9.02. The second kappa shape index (κ2) is 7.42. The summed E-state index contributed by atoms with van der Waals surface area (Å²) in [6.07, 6.45) is 6.56. The highest BCUT2D eigenvalue weighted by molar-refractivity contribution is 5.83. The fourth-order valence-corrected chi connectivity index (χ4v) is 5.77. The third kappa shape index (κ3) is 3.08. The number of hydrogen-bond donors (Lipinski definition) is 1. The molecule has 0 aliphatic heterocycles. The summed E-state index contributed by atoms with van der Waals surface area (Å²) in [5, 5.41) is 3.66. The molecule has 4 aromatic carbocycles. The van der Waals surface area contributed by atoms with Crippen molar-refractivity contribution in [2.75, 3.05) is 5.32 Å². The van der Waals surface area contributed by atoms with Crippen LogP contribution in [0.2, 0.25) is 0 Å². The fraction of sp³-hybridized carbons (Fsp3) is 0.200. The standard InChI is InChI=1S/C30H27N/c1-3-9-22(10-4-1)23-13-15-24(16-14-23)31-25-17-18-27-26-11-5-6-12-28(26)30(29(27)21-25)19-7-2-8-20-30/h1,3-6,9-18,21,31H,2,7-8,19-20H2. The van der Waals surface area contributed by atoms with E-state index in [9.17, 15) is 0 Å². The quantitative estimate of drug-likeness (QED) is 0.364. The molecule has 0 saturated heterocycles. The largest absolute Gasteiger partial charge is 0.356 e. The van der Waals surface area contributed by atoms with Crippen LogP contribution in [0.3, 0.4) is 0 Å². The molecule has 31 heavy (non-hydrogen) atoms. The summed E-state index contributed by atoms with van der Waals surface area (Å²) >= 11 is 0. The monoisotopic (exact) mass is 401 g/mol. The van der Waals surface area contributed by atoms with Crippen molar-refractivity contribution < 1.29 is 0 Å². The molecule has 6 rings (SSSR count). The Kier molecular flexibility index (Phi) is 4.42. The van der Waals surface area contributed by atoms with Crippen LogP contribution in [0, 0.1) is 0 Å². The molecule has 0 aromatic heterocycles. The first-order valence-corrected chi connectivity index (χ1v) is 11.5. The van der Waals surface area contributed by atoms with E-state index >= 15 is 0 Å². The van der Waals surface area contributed by atoms with Gasteiger partial charge in [0.2, 0.25) is 0 Å². The highest BCUT2D eigenvalue weighted by Gasteiger charge is 2.43. The summed E-state index contributed by atoms with van der Waals surface area (Å²) in [4.78, 5) is 0. The lowest BCUT2D eigenvalue weighted by Gasteiger charge is -2.36. The predicted molar refractivity (Wildman–Crippen MR) is 131 cm³/mol. The summed E-state index contributed by atoms with van der Waals surface area (Å²) in [7, 11) is 0. The predicted octanol–water partition coefficient (Wildman–Crippen LogP) is 8.33. The molecule has 152 valence electrons. The molecule has 0 heterocycles. The number of rotatable bonds is 3. The Morgan fingerprint density at radius 3 is 1.97 bits per heavy atom. The van der Waals surface area contributed by atoms with Crippen LogP contribution in [0.1, 0.15) is 43.2 Å². The molecule has 2 aliphatic carbocycles. The minimum atomic E-state index is 0.207. The molecular formula is C30H27N. The van der Waals surface area contributed by atoms with E-state index in [1.165, 1.54) is 65.6 Å². The lowest BCUT2D eigenvalue weighted by Crippen LogP contribution is -2.28. The van der Waals surface area contributed by atoms with Gasteiger partial charge in [0.15, 0.2) is 0 Å². The lowest BCUT2D eigenvalue weighted by molar-refractivity contribution is 0.353. The molecular weight excluding hydrogens is 374 g/mol. The van der Waals surface area contributed by atoms with Gasteiger partial charge in [0, 0.05) is 16.8 Å². The van der Waals surface area contributed by atoms with Crippen LogP contribution in [0.4, 0.5) is 11.4 Å². The van der Waals surface area contributed by atoms with Crippen LogP contribution in [0.5, 0.6) is 0 Å². The van der Waals surface area contributed by atoms with Crippen molar-refractivity contribution >= 4 is 11.4 Å². The van der Waals surface area contributed by atoms with Gasteiger partial charge < -0.3 is 5.32 Å². The minimum Gasteiger partial charge on any atom is -0.356 e. The Morgan fingerprint density at radius 2 is 1.16 bits per heavy atom. The maximum atomic E-state index is 3.66. The third-order valence-corrected chi connectivity index (χ3v) is 7.26. The summed E-state index contributed by atoms with van der Waals surface area (Å²) < 4.78 is 0. The number of fused-ring (bicyclic) bond motifs is 5. The molecule has 1 fully saturated rings. The van der Waals surface area contributed by atoms with Gasteiger partial charge >= 0.3 is 0 Å². The van der Waals surface area contributed by atoms with E-state index in [2.05, 4.69) is 102 Å². The van der Waals surface area contributed by atoms with Crippen LogP contribution in [0.15, 0.2) is 97.1 Å². The first kappa shape index (κ1) is 18.4. The van der Waals surface area contributed by atoms with Crippen LogP contribution in [-0.4, -0.2) is 0 Å². The Hall–Kier alpha value is -3.32. The Labute approximate surface area is 184 Å². The normalized spacial score (nSPS) is 16.0. The van der Waals surface area contributed by atoms with Crippen molar-refractivity contribution in [3.05, 3.63) is 108 Å². The molecule has 0 radical (unpaired) electrons. The highest BCUT2D eigenvalue weighted by atomic mass is 14.9. The van der Waals surface area contributed by atoms with Gasteiger partial charge in [0.25, 0.3) is 0 Å². The topological polar surface area (TPSA) is 12.0 Å². The van der Waals surface area contributed by atoms with E-state index in [1.807, 2.05) is 0 Å². The average Bonchev–Trinajstić information content (AvgIpc) is 3.10.